The zero-order chi connectivity index (χ0) is 7.72. The molecule has 1 rings (SSSR count). The lowest BCUT2D eigenvalue weighted by Gasteiger charge is -2.01. The zero-order valence-corrected chi connectivity index (χ0v) is 6.35. The van der Waals surface area contributed by atoms with Gasteiger partial charge in [0.1, 0.15) is 0 Å². The normalized spacial score (nSPS) is 13.4. The first kappa shape index (κ1) is 7.23. The number of nitrogens with one attached hydrogen (secondary N) is 1. The summed E-state index contributed by atoms with van der Waals surface area (Å²) in [6.07, 6.45) is 0. The number of hydrogen-bond acceptors (Lipinski definition) is 4. The molecule has 1 heterocycles. The largest absolute Gasteiger partial charge is 0.335 e. The quantitative estimate of drug-likeness (QED) is 0.387. The van der Waals surface area contributed by atoms with Crippen molar-refractivity contribution < 1.29 is 0 Å². The third-order valence-electron chi connectivity index (χ3n) is 1.14. The number of nitrogens with two attached hydrogens (primary N) is 2. The van der Waals surface area contributed by atoms with E-state index in [9.17, 15) is 0 Å². The van der Waals surface area contributed by atoms with E-state index in [1.165, 1.54) is 4.68 Å². The molecule has 0 saturated heterocycles. The molecule has 0 amide bonds. The van der Waals surface area contributed by atoms with Gasteiger partial charge in [0.2, 0.25) is 4.77 Å². The lowest BCUT2D eigenvalue weighted by molar-refractivity contribution is 0.701. The standard InChI is InChI=1S/C4H9N5S/c1-2(5)3-7-8-4(10)9(3)6/h2H,5-6H2,1H3,(H,8,10)/t2-/m0/s1. The van der Waals surface area contributed by atoms with Crippen LogP contribution in [0, 0.1) is 4.77 Å². The minimum Gasteiger partial charge on any atom is -0.335 e. The summed E-state index contributed by atoms with van der Waals surface area (Å²) in [6.45, 7) is 1.79. The van der Waals surface area contributed by atoms with Crippen LogP contribution in [0.2, 0.25) is 0 Å². The molecule has 10 heavy (non-hydrogen) atoms. The van der Waals surface area contributed by atoms with Gasteiger partial charge in [0.25, 0.3) is 0 Å². The maximum Gasteiger partial charge on any atom is 0.214 e. The van der Waals surface area contributed by atoms with Crippen molar-refractivity contribution in [1.29, 1.82) is 0 Å². The van der Waals surface area contributed by atoms with E-state index >= 15 is 0 Å². The van der Waals surface area contributed by atoms with Crippen LogP contribution in [0.4, 0.5) is 0 Å². The summed E-state index contributed by atoms with van der Waals surface area (Å²) in [6, 6.07) is -0.196. The second-order valence-electron chi connectivity index (χ2n) is 2.05. The predicted octanol–water partition coefficient (Wildman–Crippen LogP) is -0.326. The highest BCUT2D eigenvalue weighted by atomic mass is 32.1. The molecule has 56 valence electrons. The summed E-state index contributed by atoms with van der Waals surface area (Å²) in [4.78, 5) is 0. The van der Waals surface area contributed by atoms with Gasteiger partial charge in [-0.2, -0.15) is 5.10 Å². The van der Waals surface area contributed by atoms with E-state index in [4.69, 9.17) is 23.8 Å². The van der Waals surface area contributed by atoms with Crippen LogP contribution in [0.3, 0.4) is 0 Å². The Kier molecular flexibility index (Phi) is 1.73. The summed E-state index contributed by atoms with van der Waals surface area (Å²) < 4.78 is 1.65. The molecule has 0 spiro atoms. The number of nitrogen functional groups attached to an aromatic ring is 1. The summed E-state index contributed by atoms with van der Waals surface area (Å²) in [5.41, 5.74) is 5.50. The summed E-state index contributed by atoms with van der Waals surface area (Å²) >= 11 is 4.76. The van der Waals surface area contributed by atoms with E-state index in [0.29, 0.717) is 10.6 Å². The van der Waals surface area contributed by atoms with Gasteiger partial charge >= 0.3 is 0 Å². The smallest absolute Gasteiger partial charge is 0.214 e. The number of aromatic nitrogens is 3. The van der Waals surface area contributed by atoms with Crippen molar-refractivity contribution >= 4 is 12.2 Å². The molecule has 0 unspecified atom stereocenters. The van der Waals surface area contributed by atoms with Gasteiger partial charge < -0.3 is 11.6 Å². The zero-order valence-electron chi connectivity index (χ0n) is 5.53. The van der Waals surface area contributed by atoms with Crippen LogP contribution < -0.4 is 11.6 Å². The van der Waals surface area contributed by atoms with E-state index in [1.807, 2.05) is 0 Å². The molecule has 5 N–H and O–H groups in total. The Bertz CT molecular complexity index is 271. The van der Waals surface area contributed by atoms with Crippen molar-refractivity contribution in [3.63, 3.8) is 0 Å². The average Bonchev–Trinajstić information content (AvgIpc) is 2.14. The molecule has 5 nitrogen and oxygen atoms in total. The van der Waals surface area contributed by atoms with Crippen molar-refractivity contribution in [2.45, 2.75) is 13.0 Å². The maximum atomic E-state index is 5.50. The average molecular weight is 159 g/mol. The molecule has 1 aromatic heterocycles. The van der Waals surface area contributed by atoms with Gasteiger partial charge in [0.15, 0.2) is 5.82 Å². The molecule has 0 saturated carbocycles. The van der Waals surface area contributed by atoms with E-state index in [2.05, 4.69) is 10.2 Å². The number of H-pyrrole nitrogens is 1. The molecule has 0 fully saturated rings. The minimum atomic E-state index is -0.196. The van der Waals surface area contributed by atoms with Crippen molar-refractivity contribution in [3.8, 4) is 0 Å². The minimum absolute atomic E-state index is 0.196. The molecule has 6 heteroatoms. The summed E-state index contributed by atoms with van der Waals surface area (Å²) in [5.74, 6) is 6.00. The monoisotopic (exact) mass is 159 g/mol. The Hall–Kier alpha value is -0.880. The van der Waals surface area contributed by atoms with Gasteiger partial charge in [0, 0.05) is 0 Å². The van der Waals surface area contributed by atoms with Crippen LogP contribution in [0.1, 0.15) is 18.8 Å². The summed E-state index contributed by atoms with van der Waals surface area (Å²) in [7, 11) is 0. The van der Waals surface area contributed by atoms with E-state index in [-0.39, 0.29) is 6.04 Å². The van der Waals surface area contributed by atoms with Gasteiger partial charge in [0.05, 0.1) is 6.04 Å². The fourth-order valence-corrected chi connectivity index (χ4v) is 0.777. The molecular weight excluding hydrogens is 150 g/mol. The van der Waals surface area contributed by atoms with Crippen LogP contribution in [-0.4, -0.2) is 14.9 Å². The summed E-state index contributed by atoms with van der Waals surface area (Å²) in [5, 5.41) is 6.34. The lowest BCUT2D eigenvalue weighted by Crippen LogP contribution is -2.18. The first-order valence-corrected chi connectivity index (χ1v) is 3.21. The van der Waals surface area contributed by atoms with Crippen LogP contribution in [-0.2, 0) is 0 Å². The van der Waals surface area contributed by atoms with Crippen LogP contribution in [0.5, 0.6) is 0 Å². The van der Waals surface area contributed by atoms with Gasteiger partial charge in [-0.05, 0) is 19.1 Å². The van der Waals surface area contributed by atoms with Crippen molar-refractivity contribution in [2.75, 3.05) is 5.84 Å². The van der Waals surface area contributed by atoms with Crippen molar-refractivity contribution in [1.82, 2.24) is 14.9 Å². The molecule has 1 atom stereocenters. The first-order valence-electron chi connectivity index (χ1n) is 2.81. The molecular formula is C4H9N5S. The van der Waals surface area contributed by atoms with Gasteiger partial charge in [-0.15, -0.1) is 0 Å². The second-order valence-corrected chi connectivity index (χ2v) is 2.43. The fraction of sp³-hybridized carbons (Fsp3) is 0.500. The Morgan fingerprint density at radius 2 is 2.40 bits per heavy atom. The third kappa shape index (κ3) is 1.03. The highest BCUT2D eigenvalue weighted by Gasteiger charge is 2.06. The number of hydrogen-bond donors (Lipinski definition) is 3. The lowest BCUT2D eigenvalue weighted by atomic mass is 10.3. The van der Waals surface area contributed by atoms with Crippen LogP contribution in [0.25, 0.3) is 0 Å². The Morgan fingerprint density at radius 1 is 1.80 bits per heavy atom. The number of rotatable bonds is 1. The Balaban J connectivity index is 3.18. The SMILES string of the molecule is C[C@H](N)c1n[nH]c(=S)n1N. The Morgan fingerprint density at radius 3 is 2.60 bits per heavy atom. The second kappa shape index (κ2) is 2.39. The molecule has 0 aliphatic rings. The molecule has 1 aromatic rings. The molecule has 0 radical (unpaired) electrons. The van der Waals surface area contributed by atoms with Gasteiger partial charge in [-0.3, -0.25) is 5.10 Å². The molecule has 0 aliphatic carbocycles. The third-order valence-corrected chi connectivity index (χ3v) is 1.43. The maximum absolute atomic E-state index is 5.50. The van der Waals surface area contributed by atoms with E-state index < -0.39 is 0 Å². The fourth-order valence-electron chi connectivity index (χ4n) is 0.638. The van der Waals surface area contributed by atoms with E-state index in [1.54, 1.807) is 6.92 Å². The number of aromatic amines is 1. The number of nitrogens with zero attached hydrogens (tertiary/aromatic N) is 2. The highest BCUT2D eigenvalue weighted by Crippen LogP contribution is 2.01. The first-order chi connectivity index (χ1) is 4.63. The Labute approximate surface area is 63.0 Å². The highest BCUT2D eigenvalue weighted by molar-refractivity contribution is 7.71. The predicted molar refractivity (Wildman–Crippen MR) is 40.2 cm³/mol. The molecule has 0 aromatic carbocycles. The topological polar surface area (TPSA) is 85.6 Å². The molecule has 0 bridgehead atoms. The molecule has 0 aliphatic heterocycles. The van der Waals surface area contributed by atoms with Gasteiger partial charge in [-0.1, -0.05) is 0 Å². The van der Waals surface area contributed by atoms with E-state index in [0.717, 1.165) is 0 Å². The van der Waals surface area contributed by atoms with Crippen molar-refractivity contribution in [3.05, 3.63) is 10.6 Å². The van der Waals surface area contributed by atoms with Crippen molar-refractivity contribution in [2.24, 2.45) is 5.73 Å². The van der Waals surface area contributed by atoms with Crippen LogP contribution >= 0.6 is 12.2 Å². The van der Waals surface area contributed by atoms with Gasteiger partial charge in [-0.25, -0.2) is 4.68 Å². The van der Waals surface area contributed by atoms with Crippen LogP contribution in [0.15, 0.2) is 0 Å².